The highest BCUT2D eigenvalue weighted by molar-refractivity contribution is 5.95. The summed E-state index contributed by atoms with van der Waals surface area (Å²) in [5.74, 6) is -2.87. The third kappa shape index (κ3) is 1.74. The predicted octanol–water partition coefficient (Wildman–Crippen LogP) is 0.813. The first kappa shape index (κ1) is 11.0. The number of rotatable bonds is 3. The molecule has 1 aromatic carbocycles. The molecule has 0 atom stereocenters. The first-order valence-electron chi connectivity index (χ1n) is 3.93. The molecule has 0 bridgehead atoms. The van der Waals surface area contributed by atoms with Gasteiger partial charge in [0.2, 0.25) is 5.75 Å². The Morgan fingerprint density at radius 1 is 1.27 bits per heavy atom. The number of ether oxygens (including phenoxy) is 2. The molecule has 15 heavy (non-hydrogen) atoms. The minimum absolute atomic E-state index is 0.140. The molecule has 0 amide bonds. The highest BCUT2D eigenvalue weighted by Crippen LogP contribution is 2.43. The standard InChI is InChI=1S/C9H10O6/c1-14-5-3-4(10)8(15-2)7(11)6(5)9(12)13/h3,10-11H,1-2H3,(H,12,13). The summed E-state index contributed by atoms with van der Waals surface area (Å²) in [6.45, 7) is 0. The average Bonchev–Trinajstić information content (AvgIpc) is 2.16. The molecule has 0 fully saturated rings. The van der Waals surface area contributed by atoms with E-state index in [-0.39, 0.29) is 11.5 Å². The minimum Gasteiger partial charge on any atom is -0.504 e. The average molecular weight is 214 g/mol. The summed E-state index contributed by atoms with van der Waals surface area (Å²) in [4.78, 5) is 10.8. The molecule has 0 heterocycles. The summed E-state index contributed by atoms with van der Waals surface area (Å²) >= 11 is 0. The number of aromatic carboxylic acids is 1. The maximum absolute atomic E-state index is 10.8. The molecule has 0 aromatic heterocycles. The Balaban J connectivity index is 3.53. The number of phenolic OH excluding ortho intramolecular Hbond substituents is 1. The molecule has 6 nitrogen and oxygen atoms in total. The van der Waals surface area contributed by atoms with Gasteiger partial charge in [-0.1, -0.05) is 0 Å². The van der Waals surface area contributed by atoms with Gasteiger partial charge in [0.25, 0.3) is 0 Å². The summed E-state index contributed by atoms with van der Waals surface area (Å²) in [5, 5.41) is 27.7. The van der Waals surface area contributed by atoms with Crippen LogP contribution in [-0.2, 0) is 0 Å². The zero-order chi connectivity index (χ0) is 11.6. The molecule has 0 spiro atoms. The zero-order valence-electron chi connectivity index (χ0n) is 8.14. The van der Waals surface area contributed by atoms with E-state index in [2.05, 4.69) is 4.74 Å². The van der Waals surface area contributed by atoms with Crippen LogP contribution in [0.1, 0.15) is 10.4 Å². The summed E-state index contributed by atoms with van der Waals surface area (Å²) in [6, 6.07) is 1.06. The largest absolute Gasteiger partial charge is 0.504 e. The van der Waals surface area contributed by atoms with E-state index in [0.717, 1.165) is 6.07 Å². The Kier molecular flexibility index (Phi) is 2.89. The summed E-state index contributed by atoms with van der Waals surface area (Å²) in [5.41, 5.74) is -0.452. The van der Waals surface area contributed by atoms with Gasteiger partial charge in [-0.15, -0.1) is 0 Å². The van der Waals surface area contributed by atoms with Crippen LogP contribution in [0.4, 0.5) is 0 Å². The van der Waals surface area contributed by atoms with Gasteiger partial charge >= 0.3 is 5.97 Å². The molecule has 6 heteroatoms. The lowest BCUT2D eigenvalue weighted by molar-refractivity contribution is 0.0689. The van der Waals surface area contributed by atoms with Crippen molar-refractivity contribution in [2.75, 3.05) is 14.2 Å². The van der Waals surface area contributed by atoms with Gasteiger partial charge in [0, 0.05) is 6.07 Å². The van der Waals surface area contributed by atoms with E-state index in [4.69, 9.17) is 9.84 Å². The minimum atomic E-state index is -1.37. The first-order chi connectivity index (χ1) is 7.02. The summed E-state index contributed by atoms with van der Waals surface area (Å²) in [6.07, 6.45) is 0. The monoisotopic (exact) mass is 214 g/mol. The molecule has 1 aromatic rings. The number of benzene rings is 1. The maximum Gasteiger partial charge on any atom is 0.343 e. The first-order valence-corrected chi connectivity index (χ1v) is 3.93. The van der Waals surface area contributed by atoms with E-state index < -0.39 is 23.0 Å². The smallest absolute Gasteiger partial charge is 0.343 e. The normalized spacial score (nSPS) is 9.73. The predicted molar refractivity (Wildman–Crippen MR) is 49.8 cm³/mol. The van der Waals surface area contributed by atoms with Gasteiger partial charge in [-0.3, -0.25) is 0 Å². The lowest BCUT2D eigenvalue weighted by atomic mass is 10.1. The van der Waals surface area contributed by atoms with E-state index in [1.54, 1.807) is 0 Å². The number of carboxylic acid groups (broad SMARTS) is 1. The molecule has 1 rings (SSSR count). The Bertz CT molecular complexity index is 398. The Morgan fingerprint density at radius 2 is 1.87 bits per heavy atom. The van der Waals surface area contributed by atoms with Crippen LogP contribution >= 0.6 is 0 Å². The summed E-state index contributed by atoms with van der Waals surface area (Å²) < 4.78 is 9.36. The van der Waals surface area contributed by atoms with Crippen LogP contribution in [0.3, 0.4) is 0 Å². The van der Waals surface area contributed by atoms with E-state index in [9.17, 15) is 15.0 Å². The van der Waals surface area contributed by atoms with E-state index in [0.29, 0.717) is 0 Å². The van der Waals surface area contributed by atoms with E-state index in [1.807, 2.05) is 0 Å². The SMILES string of the molecule is COc1cc(O)c(OC)c(O)c1C(=O)O. The quantitative estimate of drug-likeness (QED) is 0.689. The number of carbonyl (C=O) groups is 1. The number of methoxy groups -OCH3 is 2. The van der Waals surface area contributed by atoms with Crippen LogP contribution in [0, 0.1) is 0 Å². The fraction of sp³-hybridized carbons (Fsp3) is 0.222. The topological polar surface area (TPSA) is 96.2 Å². The zero-order valence-corrected chi connectivity index (χ0v) is 8.14. The van der Waals surface area contributed by atoms with E-state index in [1.165, 1.54) is 14.2 Å². The van der Waals surface area contributed by atoms with Gasteiger partial charge in [0.05, 0.1) is 14.2 Å². The van der Waals surface area contributed by atoms with Crippen molar-refractivity contribution < 1.29 is 29.6 Å². The van der Waals surface area contributed by atoms with Gasteiger partial charge in [0.15, 0.2) is 11.5 Å². The second-order valence-corrected chi connectivity index (χ2v) is 2.66. The Morgan fingerprint density at radius 3 is 2.27 bits per heavy atom. The summed E-state index contributed by atoms with van der Waals surface area (Å²) in [7, 11) is 2.43. The van der Waals surface area contributed by atoms with Crippen molar-refractivity contribution >= 4 is 5.97 Å². The molecule has 0 aliphatic carbocycles. The molecule has 0 radical (unpaired) electrons. The molecule has 0 aliphatic heterocycles. The molecule has 0 aliphatic rings. The second kappa shape index (κ2) is 3.95. The fourth-order valence-electron chi connectivity index (χ4n) is 1.18. The van der Waals surface area contributed by atoms with Gasteiger partial charge in [0.1, 0.15) is 11.3 Å². The van der Waals surface area contributed by atoms with Crippen molar-refractivity contribution in [3.8, 4) is 23.0 Å². The molecule has 0 unspecified atom stereocenters. The number of carboxylic acids is 1. The second-order valence-electron chi connectivity index (χ2n) is 2.66. The molecule has 3 N–H and O–H groups in total. The van der Waals surface area contributed by atoms with Crippen LogP contribution in [0.5, 0.6) is 23.0 Å². The van der Waals surface area contributed by atoms with Crippen molar-refractivity contribution in [2.45, 2.75) is 0 Å². The molecule has 0 saturated heterocycles. The third-order valence-corrected chi connectivity index (χ3v) is 1.84. The highest BCUT2D eigenvalue weighted by atomic mass is 16.5. The molecule has 0 saturated carbocycles. The van der Waals surface area contributed by atoms with Crippen molar-refractivity contribution in [2.24, 2.45) is 0 Å². The highest BCUT2D eigenvalue weighted by Gasteiger charge is 2.23. The van der Waals surface area contributed by atoms with Crippen LogP contribution in [-0.4, -0.2) is 35.5 Å². The third-order valence-electron chi connectivity index (χ3n) is 1.84. The fourth-order valence-corrected chi connectivity index (χ4v) is 1.18. The lowest BCUT2D eigenvalue weighted by Gasteiger charge is -2.11. The van der Waals surface area contributed by atoms with E-state index >= 15 is 0 Å². The van der Waals surface area contributed by atoms with Crippen LogP contribution in [0.15, 0.2) is 6.07 Å². The molecular weight excluding hydrogens is 204 g/mol. The van der Waals surface area contributed by atoms with Crippen LogP contribution < -0.4 is 9.47 Å². The molecule has 82 valence electrons. The molecular formula is C9H10O6. The van der Waals surface area contributed by atoms with Gasteiger partial charge < -0.3 is 24.8 Å². The van der Waals surface area contributed by atoms with Crippen molar-refractivity contribution in [3.05, 3.63) is 11.6 Å². The van der Waals surface area contributed by atoms with Crippen LogP contribution in [0.25, 0.3) is 0 Å². The van der Waals surface area contributed by atoms with Gasteiger partial charge in [-0.25, -0.2) is 4.79 Å². The van der Waals surface area contributed by atoms with Gasteiger partial charge in [-0.2, -0.15) is 0 Å². The van der Waals surface area contributed by atoms with Crippen LogP contribution in [0.2, 0.25) is 0 Å². The van der Waals surface area contributed by atoms with Crippen molar-refractivity contribution in [1.29, 1.82) is 0 Å². The Hall–Kier alpha value is -2.11. The number of hydrogen-bond donors (Lipinski definition) is 3. The Labute approximate surface area is 85.3 Å². The number of phenols is 2. The van der Waals surface area contributed by atoms with Crippen molar-refractivity contribution in [1.82, 2.24) is 0 Å². The lowest BCUT2D eigenvalue weighted by Crippen LogP contribution is -2.02. The number of hydrogen-bond acceptors (Lipinski definition) is 5. The maximum atomic E-state index is 10.8. The van der Waals surface area contributed by atoms with Gasteiger partial charge in [-0.05, 0) is 0 Å². The number of aromatic hydroxyl groups is 2. The van der Waals surface area contributed by atoms with Crippen molar-refractivity contribution in [3.63, 3.8) is 0 Å².